The van der Waals surface area contributed by atoms with Gasteiger partial charge in [-0.05, 0) is 47.7 Å². The van der Waals surface area contributed by atoms with Crippen LogP contribution in [0.15, 0.2) is 121 Å². The van der Waals surface area contributed by atoms with Crippen LogP contribution in [0, 0.1) is 5.92 Å². The van der Waals surface area contributed by atoms with Crippen molar-refractivity contribution >= 4 is 36.7 Å². The standard InChI is InChI=1S/C30H34NP2/c1-25(2)26(3)31(32(27-17-9-5-10-18-27)28-19-11-6-12-20-28)33(4,29-21-13-7-14-22-29)30-23-15-8-16-24-30/h5-26H,1-4H3/q+1. The van der Waals surface area contributed by atoms with Gasteiger partial charge < -0.3 is 0 Å². The Labute approximate surface area is 201 Å². The van der Waals surface area contributed by atoms with Crippen LogP contribution in [0.2, 0.25) is 0 Å². The third kappa shape index (κ3) is 4.97. The second-order valence-electron chi connectivity index (χ2n) is 8.92. The minimum atomic E-state index is -1.92. The highest BCUT2D eigenvalue weighted by Crippen LogP contribution is 2.67. The lowest BCUT2D eigenvalue weighted by Crippen LogP contribution is -2.44. The lowest BCUT2D eigenvalue weighted by molar-refractivity contribution is 0.404. The summed E-state index contributed by atoms with van der Waals surface area (Å²) in [6, 6.07) is 45.1. The quantitative estimate of drug-likeness (QED) is 0.263. The van der Waals surface area contributed by atoms with E-state index >= 15 is 0 Å². The zero-order valence-electron chi connectivity index (χ0n) is 20.0. The van der Waals surface area contributed by atoms with Gasteiger partial charge in [-0.15, -0.1) is 4.44 Å². The molecule has 33 heavy (non-hydrogen) atoms. The lowest BCUT2D eigenvalue weighted by atomic mass is 10.1. The number of hydrogen-bond acceptors (Lipinski definition) is 1. The maximum Gasteiger partial charge on any atom is 0.150 e. The highest BCUT2D eigenvalue weighted by atomic mass is 31.2. The maximum absolute atomic E-state index is 2.92. The van der Waals surface area contributed by atoms with E-state index in [4.69, 9.17) is 0 Å². The van der Waals surface area contributed by atoms with Crippen molar-refractivity contribution in [2.75, 3.05) is 6.66 Å². The topological polar surface area (TPSA) is 3.24 Å². The highest BCUT2D eigenvalue weighted by molar-refractivity contribution is 7.94. The van der Waals surface area contributed by atoms with Crippen LogP contribution in [0.25, 0.3) is 0 Å². The lowest BCUT2D eigenvalue weighted by Gasteiger charge is -2.44. The Hall–Kier alpha value is -2.30. The predicted octanol–water partition coefficient (Wildman–Crippen LogP) is 6.59. The van der Waals surface area contributed by atoms with Crippen LogP contribution in [0.1, 0.15) is 20.8 Å². The van der Waals surface area contributed by atoms with Crippen molar-refractivity contribution in [2.24, 2.45) is 5.92 Å². The minimum Gasteiger partial charge on any atom is -0.139 e. The van der Waals surface area contributed by atoms with Crippen LogP contribution in [-0.4, -0.2) is 17.1 Å². The molecule has 0 spiro atoms. The zero-order valence-corrected chi connectivity index (χ0v) is 21.8. The Morgan fingerprint density at radius 2 is 0.879 bits per heavy atom. The van der Waals surface area contributed by atoms with Crippen LogP contribution in [0.4, 0.5) is 0 Å². The Kier molecular flexibility index (Phi) is 7.77. The molecule has 0 aromatic heterocycles. The van der Waals surface area contributed by atoms with Gasteiger partial charge in [0.25, 0.3) is 0 Å². The van der Waals surface area contributed by atoms with Crippen molar-refractivity contribution in [1.29, 1.82) is 0 Å². The molecule has 0 heterocycles. The molecule has 0 aliphatic rings. The molecule has 168 valence electrons. The monoisotopic (exact) mass is 470 g/mol. The first-order valence-corrected chi connectivity index (χ1v) is 15.2. The molecule has 0 fully saturated rings. The van der Waals surface area contributed by atoms with Crippen LogP contribution in [0.5, 0.6) is 0 Å². The summed E-state index contributed by atoms with van der Waals surface area (Å²) in [6.45, 7) is 9.68. The van der Waals surface area contributed by atoms with Gasteiger partial charge in [0.05, 0.1) is 14.7 Å². The van der Waals surface area contributed by atoms with Crippen molar-refractivity contribution in [3.8, 4) is 0 Å². The summed E-state index contributed by atoms with van der Waals surface area (Å²) in [6.07, 6.45) is 0. The van der Waals surface area contributed by atoms with E-state index in [0.717, 1.165) is 0 Å². The molecular weight excluding hydrogens is 436 g/mol. The van der Waals surface area contributed by atoms with Gasteiger partial charge in [-0.25, -0.2) is 0 Å². The Balaban J connectivity index is 2.03. The first-order chi connectivity index (χ1) is 16.0. The molecule has 0 aliphatic carbocycles. The molecule has 0 N–H and O–H groups in total. The molecule has 1 atom stereocenters. The summed E-state index contributed by atoms with van der Waals surface area (Å²) in [7, 11) is -2.66. The van der Waals surface area contributed by atoms with E-state index in [1.165, 1.54) is 21.2 Å². The van der Waals surface area contributed by atoms with Gasteiger partial charge in [-0.2, -0.15) is 0 Å². The van der Waals surface area contributed by atoms with Crippen LogP contribution in [-0.2, 0) is 0 Å². The van der Waals surface area contributed by atoms with Gasteiger partial charge >= 0.3 is 0 Å². The summed E-state index contributed by atoms with van der Waals surface area (Å²) in [5.41, 5.74) is 0. The zero-order chi connectivity index (χ0) is 23.3. The first kappa shape index (κ1) is 23.8. The fourth-order valence-corrected chi connectivity index (χ4v) is 12.6. The van der Waals surface area contributed by atoms with E-state index in [0.29, 0.717) is 12.0 Å². The SMILES string of the molecule is CC(C)C(C)N(P(c1ccccc1)c1ccccc1)[P+](C)(c1ccccc1)c1ccccc1. The maximum atomic E-state index is 2.92. The van der Waals surface area contributed by atoms with Crippen LogP contribution < -0.4 is 21.2 Å². The number of benzene rings is 4. The van der Waals surface area contributed by atoms with Gasteiger partial charge in [0.2, 0.25) is 0 Å². The van der Waals surface area contributed by atoms with E-state index in [1.54, 1.807) is 0 Å². The second kappa shape index (κ2) is 10.8. The molecule has 0 saturated carbocycles. The Bertz CT molecular complexity index is 1040. The average molecular weight is 471 g/mol. The molecule has 1 unspecified atom stereocenters. The molecule has 4 aromatic carbocycles. The van der Waals surface area contributed by atoms with Gasteiger partial charge in [0.1, 0.15) is 18.0 Å². The van der Waals surface area contributed by atoms with Crippen molar-refractivity contribution in [3.05, 3.63) is 121 Å². The molecule has 4 aromatic rings. The molecular formula is C30H34NP2+. The average Bonchev–Trinajstić information content (AvgIpc) is 2.88. The smallest absolute Gasteiger partial charge is 0.139 e. The van der Waals surface area contributed by atoms with Gasteiger partial charge in [-0.1, -0.05) is 111 Å². The van der Waals surface area contributed by atoms with E-state index in [2.05, 4.69) is 153 Å². The summed E-state index contributed by atoms with van der Waals surface area (Å²) in [5, 5.41) is 5.68. The number of nitrogens with zero attached hydrogens (tertiary/aromatic N) is 1. The molecule has 0 radical (unpaired) electrons. The van der Waals surface area contributed by atoms with E-state index in [-0.39, 0.29) is 0 Å². The van der Waals surface area contributed by atoms with Gasteiger partial charge in [0.15, 0.2) is 0 Å². The summed E-state index contributed by atoms with van der Waals surface area (Å²) < 4.78 is 2.92. The summed E-state index contributed by atoms with van der Waals surface area (Å²) in [5.74, 6) is 0.522. The second-order valence-corrected chi connectivity index (χ2v) is 14.7. The molecule has 1 nitrogen and oxygen atoms in total. The molecule has 0 aliphatic heterocycles. The molecule has 4 rings (SSSR count). The summed E-state index contributed by atoms with van der Waals surface area (Å²) >= 11 is 0. The van der Waals surface area contributed by atoms with E-state index in [1.807, 2.05) is 0 Å². The van der Waals surface area contributed by atoms with E-state index in [9.17, 15) is 0 Å². The normalized spacial score (nSPS) is 12.9. The fraction of sp³-hybridized carbons (Fsp3) is 0.200. The third-order valence-electron chi connectivity index (χ3n) is 6.46. The predicted molar refractivity (Wildman–Crippen MR) is 150 cm³/mol. The van der Waals surface area contributed by atoms with Crippen molar-refractivity contribution in [1.82, 2.24) is 4.44 Å². The third-order valence-corrected chi connectivity index (χ3v) is 14.2. The molecule has 3 heteroatoms. The number of rotatable bonds is 8. The van der Waals surface area contributed by atoms with Crippen molar-refractivity contribution in [2.45, 2.75) is 26.8 Å². The molecule has 0 bridgehead atoms. The largest absolute Gasteiger partial charge is 0.150 e. The van der Waals surface area contributed by atoms with Crippen molar-refractivity contribution in [3.63, 3.8) is 0 Å². The van der Waals surface area contributed by atoms with Crippen LogP contribution in [0.3, 0.4) is 0 Å². The fourth-order valence-electron chi connectivity index (χ4n) is 4.34. The highest BCUT2D eigenvalue weighted by Gasteiger charge is 2.51. The van der Waals surface area contributed by atoms with E-state index < -0.39 is 15.5 Å². The molecule has 0 amide bonds. The minimum absolute atomic E-state index is 0.398. The number of hydrogen-bond donors (Lipinski definition) is 0. The van der Waals surface area contributed by atoms with Gasteiger partial charge in [-0.3, -0.25) is 0 Å². The summed E-state index contributed by atoms with van der Waals surface area (Å²) in [4.78, 5) is 0. The van der Waals surface area contributed by atoms with Crippen LogP contribution >= 0.6 is 15.5 Å². The van der Waals surface area contributed by atoms with Crippen molar-refractivity contribution < 1.29 is 0 Å². The Morgan fingerprint density at radius 1 is 0.545 bits per heavy atom. The molecule has 0 saturated heterocycles. The first-order valence-electron chi connectivity index (χ1n) is 11.7. The van der Waals surface area contributed by atoms with Gasteiger partial charge in [0, 0.05) is 6.04 Å². The Morgan fingerprint density at radius 3 is 1.21 bits per heavy atom.